The Labute approximate surface area is 111 Å². The SMILES string of the molecule is COC(=O)c1coc(CNc2ccc(OC)cc2)c1. The minimum Gasteiger partial charge on any atom is -0.497 e. The summed E-state index contributed by atoms with van der Waals surface area (Å²) in [4.78, 5) is 11.3. The first-order valence-corrected chi connectivity index (χ1v) is 5.76. The highest BCUT2D eigenvalue weighted by atomic mass is 16.5. The molecule has 5 heteroatoms. The summed E-state index contributed by atoms with van der Waals surface area (Å²) >= 11 is 0. The van der Waals surface area contributed by atoms with Crippen LogP contribution in [0.5, 0.6) is 5.75 Å². The molecule has 0 amide bonds. The van der Waals surface area contributed by atoms with E-state index in [1.807, 2.05) is 24.3 Å². The maximum atomic E-state index is 11.3. The average Bonchev–Trinajstić information content (AvgIpc) is 2.93. The van der Waals surface area contributed by atoms with Crippen LogP contribution in [-0.4, -0.2) is 20.2 Å². The van der Waals surface area contributed by atoms with Gasteiger partial charge in [0.05, 0.1) is 26.3 Å². The average molecular weight is 261 g/mol. The van der Waals surface area contributed by atoms with Gasteiger partial charge in [0.15, 0.2) is 0 Å². The van der Waals surface area contributed by atoms with E-state index in [1.54, 1.807) is 13.2 Å². The van der Waals surface area contributed by atoms with Crippen molar-refractivity contribution in [3.63, 3.8) is 0 Å². The van der Waals surface area contributed by atoms with Gasteiger partial charge in [-0.15, -0.1) is 0 Å². The molecule has 1 aromatic heterocycles. The van der Waals surface area contributed by atoms with Crippen molar-refractivity contribution in [3.05, 3.63) is 47.9 Å². The maximum absolute atomic E-state index is 11.3. The van der Waals surface area contributed by atoms with Crippen molar-refractivity contribution in [1.82, 2.24) is 0 Å². The quantitative estimate of drug-likeness (QED) is 0.838. The fraction of sp³-hybridized carbons (Fsp3) is 0.214. The number of furan rings is 1. The molecule has 100 valence electrons. The van der Waals surface area contributed by atoms with Crippen molar-refractivity contribution in [2.75, 3.05) is 19.5 Å². The van der Waals surface area contributed by atoms with E-state index in [0.717, 1.165) is 11.4 Å². The number of benzene rings is 1. The first-order valence-electron chi connectivity index (χ1n) is 5.76. The van der Waals surface area contributed by atoms with Gasteiger partial charge in [0.25, 0.3) is 0 Å². The number of hydrogen-bond acceptors (Lipinski definition) is 5. The van der Waals surface area contributed by atoms with E-state index in [-0.39, 0.29) is 0 Å². The third kappa shape index (κ3) is 3.28. The lowest BCUT2D eigenvalue weighted by Gasteiger charge is -2.05. The summed E-state index contributed by atoms with van der Waals surface area (Å²) in [5.41, 5.74) is 1.35. The van der Waals surface area contributed by atoms with Gasteiger partial charge >= 0.3 is 5.97 Å². The molecule has 0 radical (unpaired) electrons. The lowest BCUT2D eigenvalue weighted by Crippen LogP contribution is -2.00. The molecule has 0 aliphatic heterocycles. The zero-order chi connectivity index (χ0) is 13.7. The Hall–Kier alpha value is -2.43. The third-order valence-electron chi connectivity index (χ3n) is 2.63. The van der Waals surface area contributed by atoms with E-state index >= 15 is 0 Å². The summed E-state index contributed by atoms with van der Waals surface area (Å²) in [6.07, 6.45) is 1.39. The minimum absolute atomic E-state index is 0.403. The van der Waals surface area contributed by atoms with Gasteiger partial charge in [0.2, 0.25) is 0 Å². The molecule has 2 aromatic rings. The normalized spacial score (nSPS) is 10.0. The predicted octanol–water partition coefficient (Wildman–Crippen LogP) is 2.69. The van der Waals surface area contributed by atoms with Crippen LogP contribution in [0.25, 0.3) is 0 Å². The molecule has 0 aliphatic carbocycles. The second kappa shape index (κ2) is 5.95. The van der Waals surface area contributed by atoms with Crippen molar-refractivity contribution in [3.8, 4) is 5.75 Å². The van der Waals surface area contributed by atoms with E-state index in [0.29, 0.717) is 17.9 Å². The largest absolute Gasteiger partial charge is 0.497 e. The summed E-state index contributed by atoms with van der Waals surface area (Å²) in [5.74, 6) is 1.06. The minimum atomic E-state index is -0.403. The Kier molecular flexibility index (Phi) is 4.07. The maximum Gasteiger partial charge on any atom is 0.341 e. The summed E-state index contributed by atoms with van der Waals surface area (Å²) in [6, 6.07) is 9.20. The van der Waals surface area contributed by atoms with Crippen molar-refractivity contribution in [2.24, 2.45) is 0 Å². The molecular formula is C14H15NO4. The number of hydrogen-bond donors (Lipinski definition) is 1. The monoisotopic (exact) mass is 261 g/mol. The highest BCUT2D eigenvalue weighted by Crippen LogP contribution is 2.16. The van der Waals surface area contributed by atoms with Crippen LogP contribution in [0.15, 0.2) is 41.0 Å². The van der Waals surface area contributed by atoms with Crippen LogP contribution < -0.4 is 10.1 Å². The first kappa shape index (κ1) is 13.0. The topological polar surface area (TPSA) is 60.7 Å². The number of carbonyl (C=O) groups is 1. The summed E-state index contributed by atoms with van der Waals surface area (Å²) in [7, 11) is 2.96. The third-order valence-corrected chi connectivity index (χ3v) is 2.63. The van der Waals surface area contributed by atoms with Crippen LogP contribution in [-0.2, 0) is 11.3 Å². The summed E-state index contributed by atoms with van der Waals surface area (Å²) in [6.45, 7) is 0.489. The zero-order valence-corrected chi connectivity index (χ0v) is 10.8. The van der Waals surface area contributed by atoms with Crippen LogP contribution in [0.4, 0.5) is 5.69 Å². The first-order chi connectivity index (χ1) is 9.22. The van der Waals surface area contributed by atoms with Crippen molar-refractivity contribution in [1.29, 1.82) is 0 Å². The molecule has 5 nitrogen and oxygen atoms in total. The molecule has 1 N–H and O–H groups in total. The van der Waals surface area contributed by atoms with E-state index < -0.39 is 5.97 Å². The molecule has 0 saturated carbocycles. The molecule has 19 heavy (non-hydrogen) atoms. The van der Waals surface area contributed by atoms with Crippen molar-refractivity contribution < 1.29 is 18.7 Å². The van der Waals surface area contributed by atoms with Crippen LogP contribution in [0.3, 0.4) is 0 Å². The molecule has 1 aromatic carbocycles. The number of rotatable bonds is 5. The van der Waals surface area contributed by atoms with Gasteiger partial charge in [-0.3, -0.25) is 0 Å². The highest BCUT2D eigenvalue weighted by Gasteiger charge is 2.09. The fourth-order valence-electron chi connectivity index (χ4n) is 1.60. The molecule has 2 rings (SSSR count). The number of ether oxygens (including phenoxy) is 2. The van der Waals surface area contributed by atoms with Crippen LogP contribution in [0.1, 0.15) is 16.1 Å². The zero-order valence-electron chi connectivity index (χ0n) is 10.8. The molecule has 0 aliphatic rings. The molecule has 0 unspecified atom stereocenters. The number of nitrogens with one attached hydrogen (secondary N) is 1. The highest BCUT2D eigenvalue weighted by molar-refractivity contribution is 5.88. The van der Waals surface area contributed by atoms with Crippen molar-refractivity contribution in [2.45, 2.75) is 6.54 Å². The predicted molar refractivity (Wildman–Crippen MR) is 70.4 cm³/mol. The van der Waals surface area contributed by atoms with Gasteiger partial charge in [-0.25, -0.2) is 4.79 Å². The fourth-order valence-corrected chi connectivity index (χ4v) is 1.60. The van der Waals surface area contributed by atoms with Crippen LogP contribution in [0.2, 0.25) is 0 Å². The molecular weight excluding hydrogens is 246 g/mol. The smallest absolute Gasteiger partial charge is 0.341 e. The lowest BCUT2D eigenvalue weighted by molar-refractivity contribution is 0.0600. The Morgan fingerprint density at radius 3 is 2.63 bits per heavy atom. The van der Waals surface area contributed by atoms with Gasteiger partial charge in [0.1, 0.15) is 17.8 Å². The van der Waals surface area contributed by atoms with Crippen LogP contribution >= 0.6 is 0 Å². The second-order valence-corrected chi connectivity index (χ2v) is 3.88. The summed E-state index contributed by atoms with van der Waals surface area (Å²) in [5, 5.41) is 3.18. The Bertz CT molecular complexity index is 545. The Morgan fingerprint density at radius 1 is 1.26 bits per heavy atom. The second-order valence-electron chi connectivity index (χ2n) is 3.88. The Morgan fingerprint density at radius 2 is 2.00 bits per heavy atom. The van der Waals surface area contributed by atoms with Gasteiger partial charge in [-0.2, -0.15) is 0 Å². The van der Waals surface area contributed by atoms with Crippen molar-refractivity contribution >= 4 is 11.7 Å². The molecule has 0 bridgehead atoms. The molecule has 0 saturated heterocycles. The lowest BCUT2D eigenvalue weighted by atomic mass is 10.3. The van der Waals surface area contributed by atoms with E-state index in [9.17, 15) is 4.79 Å². The van der Waals surface area contributed by atoms with Gasteiger partial charge in [0, 0.05) is 5.69 Å². The number of methoxy groups -OCH3 is 2. The van der Waals surface area contributed by atoms with E-state index in [1.165, 1.54) is 13.4 Å². The number of carbonyl (C=O) groups excluding carboxylic acids is 1. The summed E-state index contributed by atoms with van der Waals surface area (Å²) < 4.78 is 14.9. The standard InChI is InChI=1S/C14H15NO4/c1-17-12-5-3-11(4-6-12)15-8-13-7-10(9-19-13)14(16)18-2/h3-7,9,15H,8H2,1-2H3. The number of anilines is 1. The van der Waals surface area contributed by atoms with Gasteiger partial charge < -0.3 is 19.2 Å². The molecule has 0 fully saturated rings. The van der Waals surface area contributed by atoms with Gasteiger partial charge in [-0.1, -0.05) is 0 Å². The van der Waals surface area contributed by atoms with Gasteiger partial charge in [-0.05, 0) is 30.3 Å². The van der Waals surface area contributed by atoms with E-state index in [4.69, 9.17) is 9.15 Å². The van der Waals surface area contributed by atoms with Crippen LogP contribution in [0, 0.1) is 0 Å². The molecule has 0 atom stereocenters. The molecule has 1 heterocycles. The van der Waals surface area contributed by atoms with E-state index in [2.05, 4.69) is 10.1 Å². The molecule has 0 spiro atoms. The number of esters is 1. The Balaban J connectivity index is 1.94.